The van der Waals surface area contributed by atoms with Crippen molar-refractivity contribution in [3.8, 4) is 17.2 Å². The van der Waals surface area contributed by atoms with Crippen molar-refractivity contribution >= 4 is 46.3 Å². The molecule has 0 aliphatic rings. The van der Waals surface area contributed by atoms with Gasteiger partial charge in [0.2, 0.25) is 17.6 Å². The van der Waals surface area contributed by atoms with Gasteiger partial charge < -0.3 is 19.5 Å². The van der Waals surface area contributed by atoms with Crippen LogP contribution in [0, 0.1) is 10.5 Å². The number of carbonyl (C=O) groups excluding carboxylic acids is 2. The van der Waals surface area contributed by atoms with Crippen LogP contribution in [0.4, 0.5) is 5.69 Å². The average Bonchev–Trinajstić information content (AvgIpc) is 2.73. The molecule has 160 valence electrons. The monoisotopic (exact) mass is 525 g/mol. The van der Waals surface area contributed by atoms with E-state index < -0.39 is 0 Å². The highest BCUT2D eigenvalue weighted by atomic mass is 127. The molecule has 0 aliphatic heterocycles. The maximum atomic E-state index is 12.1. The van der Waals surface area contributed by atoms with Gasteiger partial charge in [-0.25, -0.2) is 5.43 Å². The summed E-state index contributed by atoms with van der Waals surface area (Å²) in [7, 11) is 4.55. The second kappa shape index (κ2) is 11.4. The number of benzene rings is 2. The van der Waals surface area contributed by atoms with Crippen molar-refractivity contribution in [2.75, 3.05) is 26.6 Å². The summed E-state index contributed by atoms with van der Waals surface area (Å²) in [5, 5.41) is 6.74. The fourth-order valence-corrected chi connectivity index (χ4v) is 3.26. The van der Waals surface area contributed by atoms with Crippen LogP contribution in [0.3, 0.4) is 0 Å². The minimum absolute atomic E-state index is 0.0157. The molecular formula is C21H24IN3O5. The van der Waals surface area contributed by atoms with Crippen molar-refractivity contribution < 1.29 is 23.8 Å². The molecule has 0 atom stereocenters. The third kappa shape index (κ3) is 6.61. The number of amides is 2. The molecule has 0 fully saturated rings. The molecule has 2 rings (SSSR count). The third-order valence-electron chi connectivity index (χ3n) is 4.13. The molecule has 2 amide bonds. The fourth-order valence-electron chi connectivity index (χ4n) is 2.62. The third-order valence-corrected chi connectivity index (χ3v) is 4.80. The van der Waals surface area contributed by atoms with Crippen LogP contribution < -0.4 is 25.0 Å². The number of methoxy groups -OCH3 is 3. The Morgan fingerprint density at radius 2 is 1.63 bits per heavy atom. The Labute approximate surface area is 189 Å². The van der Waals surface area contributed by atoms with Crippen LogP contribution in [-0.4, -0.2) is 39.4 Å². The molecule has 0 aliphatic carbocycles. The van der Waals surface area contributed by atoms with Crippen LogP contribution in [0.5, 0.6) is 17.2 Å². The zero-order valence-corrected chi connectivity index (χ0v) is 19.4. The SMILES string of the molecule is COc1cc(/C=N/NC(=O)CCC(=O)Nc2ccc(I)cc2C)cc(OC)c1OC. The van der Waals surface area contributed by atoms with E-state index in [1.807, 2.05) is 25.1 Å². The van der Waals surface area contributed by atoms with Crippen molar-refractivity contribution in [1.29, 1.82) is 0 Å². The molecule has 0 saturated heterocycles. The Balaban J connectivity index is 1.88. The smallest absolute Gasteiger partial charge is 0.240 e. The molecule has 0 radical (unpaired) electrons. The van der Waals surface area contributed by atoms with Crippen LogP contribution in [-0.2, 0) is 9.59 Å². The van der Waals surface area contributed by atoms with Crippen LogP contribution in [0.25, 0.3) is 0 Å². The number of rotatable bonds is 9. The number of anilines is 1. The molecule has 0 bridgehead atoms. The second-order valence-corrected chi connectivity index (χ2v) is 7.50. The normalized spacial score (nSPS) is 10.6. The summed E-state index contributed by atoms with van der Waals surface area (Å²) in [5.41, 5.74) is 4.76. The molecular weight excluding hydrogens is 501 g/mol. The van der Waals surface area contributed by atoms with Gasteiger partial charge in [-0.2, -0.15) is 5.10 Å². The van der Waals surface area contributed by atoms with E-state index in [1.165, 1.54) is 27.5 Å². The molecule has 0 heterocycles. The minimum Gasteiger partial charge on any atom is -0.493 e. The summed E-state index contributed by atoms with van der Waals surface area (Å²) in [4.78, 5) is 24.1. The summed E-state index contributed by atoms with van der Waals surface area (Å²) in [6, 6.07) is 9.13. The minimum atomic E-state index is -0.367. The molecule has 0 unspecified atom stereocenters. The Hall–Kier alpha value is -2.82. The number of carbonyl (C=O) groups is 2. The summed E-state index contributed by atoms with van der Waals surface area (Å²) in [5.74, 6) is 0.825. The molecule has 9 heteroatoms. The first-order valence-electron chi connectivity index (χ1n) is 9.05. The molecule has 30 heavy (non-hydrogen) atoms. The van der Waals surface area contributed by atoms with Gasteiger partial charge in [-0.15, -0.1) is 0 Å². The van der Waals surface area contributed by atoms with Crippen LogP contribution in [0.2, 0.25) is 0 Å². The van der Waals surface area contributed by atoms with Gasteiger partial charge in [0.25, 0.3) is 0 Å². The van der Waals surface area contributed by atoms with E-state index in [9.17, 15) is 9.59 Å². The van der Waals surface area contributed by atoms with Gasteiger partial charge in [-0.1, -0.05) is 0 Å². The first-order chi connectivity index (χ1) is 14.4. The van der Waals surface area contributed by atoms with Crippen molar-refractivity contribution in [3.05, 3.63) is 45.0 Å². The van der Waals surface area contributed by atoms with Gasteiger partial charge in [0.05, 0.1) is 27.5 Å². The number of hydrazone groups is 1. The summed E-state index contributed by atoms with van der Waals surface area (Å²) >= 11 is 2.21. The maximum absolute atomic E-state index is 12.1. The topological polar surface area (TPSA) is 98.2 Å². The standard InChI is InChI=1S/C21H24IN3O5/c1-13-9-15(22)5-6-16(13)24-19(26)7-8-20(27)25-23-12-14-10-17(28-2)21(30-4)18(11-14)29-3/h5-6,9-12H,7-8H2,1-4H3,(H,24,26)(H,25,27)/b23-12+. The van der Waals surface area contributed by atoms with Gasteiger partial charge >= 0.3 is 0 Å². The van der Waals surface area contributed by atoms with Crippen molar-refractivity contribution in [2.24, 2.45) is 5.10 Å². The molecule has 0 spiro atoms. The summed E-state index contributed by atoms with van der Waals surface area (Å²) in [6.07, 6.45) is 1.52. The highest BCUT2D eigenvalue weighted by Crippen LogP contribution is 2.37. The lowest BCUT2D eigenvalue weighted by atomic mass is 10.2. The van der Waals surface area contributed by atoms with Gasteiger partial charge in [-0.3, -0.25) is 9.59 Å². The van der Waals surface area contributed by atoms with Gasteiger partial charge in [-0.05, 0) is 65.4 Å². The number of aryl methyl sites for hydroxylation is 1. The van der Waals surface area contributed by atoms with Crippen molar-refractivity contribution in [2.45, 2.75) is 19.8 Å². The Bertz CT molecular complexity index is 921. The maximum Gasteiger partial charge on any atom is 0.240 e. The highest BCUT2D eigenvalue weighted by molar-refractivity contribution is 14.1. The van der Waals surface area contributed by atoms with E-state index in [4.69, 9.17) is 14.2 Å². The second-order valence-electron chi connectivity index (χ2n) is 6.26. The van der Waals surface area contributed by atoms with Crippen LogP contribution in [0.1, 0.15) is 24.0 Å². The molecule has 8 nitrogen and oxygen atoms in total. The Morgan fingerprint density at radius 3 is 2.20 bits per heavy atom. The van der Waals surface area contributed by atoms with Gasteiger partial charge in [0, 0.05) is 27.7 Å². The average molecular weight is 525 g/mol. The number of halogens is 1. The Morgan fingerprint density at radius 1 is 1.00 bits per heavy atom. The molecule has 0 saturated carbocycles. The zero-order valence-electron chi connectivity index (χ0n) is 17.2. The first-order valence-corrected chi connectivity index (χ1v) is 10.1. The van der Waals surface area contributed by atoms with E-state index in [0.29, 0.717) is 22.8 Å². The summed E-state index contributed by atoms with van der Waals surface area (Å²) < 4.78 is 16.9. The van der Waals surface area contributed by atoms with E-state index >= 15 is 0 Å². The van der Waals surface area contributed by atoms with E-state index in [2.05, 4.69) is 38.4 Å². The highest BCUT2D eigenvalue weighted by Gasteiger charge is 2.12. The first kappa shape index (κ1) is 23.5. The fraction of sp³-hybridized carbons (Fsp3) is 0.286. The summed E-state index contributed by atoms with van der Waals surface area (Å²) in [6.45, 7) is 1.92. The van der Waals surface area contributed by atoms with E-state index in [-0.39, 0.29) is 24.7 Å². The largest absolute Gasteiger partial charge is 0.493 e. The van der Waals surface area contributed by atoms with Crippen molar-refractivity contribution in [1.82, 2.24) is 5.43 Å². The van der Waals surface area contributed by atoms with Gasteiger partial charge in [0.15, 0.2) is 11.5 Å². The number of nitrogens with one attached hydrogen (secondary N) is 2. The number of nitrogens with zero attached hydrogens (tertiary/aromatic N) is 1. The zero-order chi connectivity index (χ0) is 22.1. The quantitative estimate of drug-likeness (QED) is 0.297. The lowest BCUT2D eigenvalue weighted by molar-refractivity contribution is -0.124. The Kier molecular flexibility index (Phi) is 8.90. The predicted octanol–water partition coefficient (Wildman–Crippen LogP) is 3.49. The molecule has 2 aromatic rings. The number of hydrogen-bond donors (Lipinski definition) is 2. The lowest BCUT2D eigenvalue weighted by Crippen LogP contribution is -2.20. The van der Waals surface area contributed by atoms with Crippen molar-refractivity contribution in [3.63, 3.8) is 0 Å². The van der Waals surface area contributed by atoms with Gasteiger partial charge in [0.1, 0.15) is 0 Å². The number of hydrogen-bond acceptors (Lipinski definition) is 6. The van der Waals surface area contributed by atoms with Crippen LogP contribution in [0.15, 0.2) is 35.4 Å². The molecule has 2 N–H and O–H groups in total. The van der Waals surface area contributed by atoms with E-state index in [1.54, 1.807) is 12.1 Å². The number of ether oxygens (including phenoxy) is 3. The molecule has 2 aromatic carbocycles. The van der Waals surface area contributed by atoms with E-state index in [0.717, 1.165) is 14.8 Å². The lowest BCUT2D eigenvalue weighted by Gasteiger charge is -2.12. The van der Waals surface area contributed by atoms with Crippen LogP contribution >= 0.6 is 22.6 Å². The predicted molar refractivity (Wildman–Crippen MR) is 124 cm³/mol. The molecule has 0 aromatic heterocycles.